The highest BCUT2D eigenvalue weighted by molar-refractivity contribution is 5.75. The number of aliphatic hydroxyl groups excluding tert-OH is 1. The molecule has 0 aliphatic rings. The molecule has 14 heavy (non-hydrogen) atoms. The van der Waals surface area contributed by atoms with E-state index in [9.17, 15) is 4.79 Å². The molecule has 0 fully saturated rings. The van der Waals surface area contributed by atoms with Crippen LogP contribution < -0.4 is 0 Å². The molecule has 0 radical (unpaired) electrons. The summed E-state index contributed by atoms with van der Waals surface area (Å²) in [5.74, 6) is 0.253. The Bertz CT molecular complexity index is 171. The fourth-order valence-corrected chi connectivity index (χ4v) is 1.22. The van der Waals surface area contributed by atoms with Crippen molar-refractivity contribution >= 4 is 5.78 Å². The van der Waals surface area contributed by atoms with Gasteiger partial charge < -0.3 is 9.90 Å². The van der Waals surface area contributed by atoms with Crippen LogP contribution in [-0.4, -0.2) is 17.0 Å². The van der Waals surface area contributed by atoms with Crippen molar-refractivity contribution in [3.05, 3.63) is 12.2 Å². The number of aliphatic hydroxyl groups is 1. The number of carbonyl (C=O) groups excluding carboxylic acids is 1. The fraction of sp³-hybridized carbons (Fsp3) is 0.750. The predicted molar refractivity (Wildman–Crippen MR) is 59.2 cm³/mol. The summed E-state index contributed by atoms with van der Waals surface area (Å²) in [6, 6.07) is 0. The van der Waals surface area contributed by atoms with Crippen molar-refractivity contribution in [1.82, 2.24) is 0 Å². The molecule has 0 aromatic rings. The lowest BCUT2D eigenvalue weighted by Crippen LogP contribution is -1.97. The van der Waals surface area contributed by atoms with Gasteiger partial charge in [0.15, 0.2) is 0 Å². The van der Waals surface area contributed by atoms with Gasteiger partial charge in [0.1, 0.15) is 5.78 Å². The van der Waals surface area contributed by atoms with Gasteiger partial charge in [0.25, 0.3) is 0 Å². The Morgan fingerprint density at radius 2 is 1.93 bits per heavy atom. The van der Waals surface area contributed by atoms with Gasteiger partial charge in [0.05, 0.1) is 6.10 Å². The maximum absolute atomic E-state index is 10.6. The standard InChI is InChI=1S/C12H22O2/c1-11(13)9-7-5-3-4-6-8-10-12(2)14/h3,5,12,14H,4,6-10H2,1-2H3/b5-3+. The molecule has 0 bridgehead atoms. The van der Waals surface area contributed by atoms with Gasteiger partial charge in [-0.1, -0.05) is 18.6 Å². The molecule has 1 atom stereocenters. The van der Waals surface area contributed by atoms with Crippen LogP contribution in [0.15, 0.2) is 12.2 Å². The lowest BCUT2D eigenvalue weighted by molar-refractivity contribution is -0.116. The summed E-state index contributed by atoms with van der Waals surface area (Å²) in [4.78, 5) is 10.6. The third-order valence-electron chi connectivity index (χ3n) is 2.07. The first-order valence-electron chi connectivity index (χ1n) is 5.45. The lowest BCUT2D eigenvalue weighted by Gasteiger charge is -2.01. The van der Waals surface area contributed by atoms with E-state index in [4.69, 9.17) is 5.11 Å². The molecule has 0 aromatic carbocycles. The SMILES string of the molecule is CC(=O)CC/C=C/CCCCC(C)O. The molecule has 0 saturated heterocycles. The third kappa shape index (κ3) is 11.4. The van der Waals surface area contributed by atoms with Crippen molar-refractivity contribution < 1.29 is 9.90 Å². The Morgan fingerprint density at radius 3 is 2.50 bits per heavy atom. The number of ketones is 1. The van der Waals surface area contributed by atoms with Crippen LogP contribution in [-0.2, 0) is 4.79 Å². The monoisotopic (exact) mass is 198 g/mol. The van der Waals surface area contributed by atoms with Crippen LogP contribution in [0.5, 0.6) is 0 Å². The minimum absolute atomic E-state index is 0.170. The Balaban J connectivity index is 3.15. The summed E-state index contributed by atoms with van der Waals surface area (Å²) in [5.41, 5.74) is 0. The number of unbranched alkanes of at least 4 members (excludes halogenated alkanes) is 2. The highest BCUT2D eigenvalue weighted by atomic mass is 16.3. The Labute approximate surface area is 87.0 Å². The van der Waals surface area contributed by atoms with Gasteiger partial charge in [0, 0.05) is 6.42 Å². The van der Waals surface area contributed by atoms with Gasteiger partial charge in [-0.15, -0.1) is 0 Å². The van der Waals surface area contributed by atoms with Crippen LogP contribution >= 0.6 is 0 Å². The van der Waals surface area contributed by atoms with Crippen LogP contribution in [0.1, 0.15) is 52.4 Å². The van der Waals surface area contributed by atoms with Crippen molar-refractivity contribution in [2.45, 2.75) is 58.5 Å². The molecule has 82 valence electrons. The number of hydrogen-bond acceptors (Lipinski definition) is 2. The number of Topliss-reactive ketones (excluding diaryl/α,β-unsaturated/α-hetero) is 1. The molecule has 1 N–H and O–H groups in total. The average molecular weight is 198 g/mol. The maximum Gasteiger partial charge on any atom is 0.130 e. The molecular weight excluding hydrogens is 176 g/mol. The number of rotatable bonds is 8. The Morgan fingerprint density at radius 1 is 1.29 bits per heavy atom. The van der Waals surface area contributed by atoms with E-state index in [0.717, 1.165) is 32.1 Å². The first kappa shape index (κ1) is 13.4. The molecule has 0 heterocycles. The van der Waals surface area contributed by atoms with Crippen LogP contribution in [0.4, 0.5) is 0 Å². The summed E-state index contributed by atoms with van der Waals surface area (Å²) in [6.45, 7) is 3.44. The van der Waals surface area contributed by atoms with Crippen LogP contribution in [0.3, 0.4) is 0 Å². The van der Waals surface area contributed by atoms with E-state index >= 15 is 0 Å². The van der Waals surface area contributed by atoms with Gasteiger partial charge in [-0.2, -0.15) is 0 Å². The zero-order valence-electron chi connectivity index (χ0n) is 9.33. The molecule has 2 nitrogen and oxygen atoms in total. The molecule has 0 aromatic heterocycles. The topological polar surface area (TPSA) is 37.3 Å². The van der Waals surface area contributed by atoms with Crippen molar-refractivity contribution in [2.75, 3.05) is 0 Å². The van der Waals surface area contributed by atoms with Crippen LogP contribution in [0, 0.1) is 0 Å². The molecule has 2 heteroatoms. The van der Waals surface area contributed by atoms with Gasteiger partial charge in [0.2, 0.25) is 0 Å². The van der Waals surface area contributed by atoms with Crippen LogP contribution in [0.25, 0.3) is 0 Å². The van der Waals surface area contributed by atoms with Gasteiger partial charge in [-0.25, -0.2) is 0 Å². The summed E-state index contributed by atoms with van der Waals surface area (Å²) >= 11 is 0. The fourth-order valence-electron chi connectivity index (χ4n) is 1.22. The van der Waals surface area contributed by atoms with E-state index in [2.05, 4.69) is 12.2 Å². The molecule has 0 rings (SSSR count). The smallest absolute Gasteiger partial charge is 0.130 e. The van der Waals surface area contributed by atoms with E-state index in [-0.39, 0.29) is 11.9 Å². The normalized spacial score (nSPS) is 13.4. The minimum Gasteiger partial charge on any atom is -0.393 e. The maximum atomic E-state index is 10.6. The average Bonchev–Trinajstić information content (AvgIpc) is 2.08. The van der Waals surface area contributed by atoms with Crippen molar-refractivity contribution in [1.29, 1.82) is 0 Å². The van der Waals surface area contributed by atoms with E-state index < -0.39 is 0 Å². The highest BCUT2D eigenvalue weighted by Gasteiger charge is 1.93. The van der Waals surface area contributed by atoms with Gasteiger partial charge in [-0.3, -0.25) is 0 Å². The first-order valence-corrected chi connectivity index (χ1v) is 5.45. The summed E-state index contributed by atoms with van der Waals surface area (Å²) in [7, 11) is 0. The third-order valence-corrected chi connectivity index (χ3v) is 2.07. The van der Waals surface area contributed by atoms with Gasteiger partial charge in [-0.05, 0) is 39.5 Å². The number of carbonyl (C=O) groups is 1. The first-order chi connectivity index (χ1) is 6.63. The second-order valence-electron chi connectivity index (χ2n) is 3.85. The molecule has 0 amide bonds. The zero-order valence-corrected chi connectivity index (χ0v) is 9.33. The van der Waals surface area contributed by atoms with Crippen LogP contribution in [0.2, 0.25) is 0 Å². The Hall–Kier alpha value is -0.630. The minimum atomic E-state index is -0.170. The molecule has 0 aliphatic heterocycles. The second-order valence-corrected chi connectivity index (χ2v) is 3.85. The van der Waals surface area contributed by atoms with E-state index in [1.807, 2.05) is 6.92 Å². The van der Waals surface area contributed by atoms with E-state index in [1.165, 1.54) is 0 Å². The highest BCUT2D eigenvalue weighted by Crippen LogP contribution is 2.04. The lowest BCUT2D eigenvalue weighted by atomic mass is 10.1. The molecule has 0 saturated carbocycles. The summed E-state index contributed by atoms with van der Waals surface area (Å²) in [6.07, 6.45) is 9.71. The quantitative estimate of drug-likeness (QED) is 0.481. The number of hydrogen-bond donors (Lipinski definition) is 1. The predicted octanol–water partition coefficient (Wildman–Crippen LogP) is 2.85. The Kier molecular flexibility index (Phi) is 8.54. The number of allylic oxidation sites excluding steroid dienone is 2. The second kappa shape index (κ2) is 8.95. The molecule has 0 spiro atoms. The van der Waals surface area contributed by atoms with Crippen molar-refractivity contribution in [3.63, 3.8) is 0 Å². The molecular formula is C12H22O2. The van der Waals surface area contributed by atoms with Crippen molar-refractivity contribution in [3.8, 4) is 0 Å². The van der Waals surface area contributed by atoms with Gasteiger partial charge >= 0.3 is 0 Å². The summed E-state index contributed by atoms with van der Waals surface area (Å²) < 4.78 is 0. The largest absolute Gasteiger partial charge is 0.393 e. The summed E-state index contributed by atoms with van der Waals surface area (Å²) in [5, 5.41) is 9.00. The molecule has 1 unspecified atom stereocenters. The van der Waals surface area contributed by atoms with E-state index in [0.29, 0.717) is 6.42 Å². The molecule has 0 aliphatic carbocycles. The zero-order chi connectivity index (χ0) is 10.8. The van der Waals surface area contributed by atoms with Crippen molar-refractivity contribution in [2.24, 2.45) is 0 Å². The van der Waals surface area contributed by atoms with E-state index in [1.54, 1.807) is 6.92 Å².